The average Bonchev–Trinajstić information content (AvgIpc) is 2.53. The van der Waals surface area contributed by atoms with E-state index in [9.17, 15) is 15.2 Å². The molecular weight excluding hydrogens is 343 g/mol. The molecule has 2 aromatic carbocycles. The second-order valence-electron chi connectivity index (χ2n) is 4.71. The lowest BCUT2D eigenvalue weighted by molar-refractivity contribution is -0.384. The summed E-state index contributed by atoms with van der Waals surface area (Å²) in [5.74, 6) is 0.690. The van der Waals surface area contributed by atoms with Crippen molar-refractivity contribution in [1.82, 2.24) is 0 Å². The Bertz CT molecular complexity index is 684. The molecule has 0 aliphatic rings. The number of methoxy groups -OCH3 is 1. The lowest BCUT2D eigenvalue weighted by Gasteiger charge is -2.15. The highest BCUT2D eigenvalue weighted by molar-refractivity contribution is 6.39. The van der Waals surface area contributed by atoms with Crippen LogP contribution in [0.1, 0.15) is 11.7 Å². The highest BCUT2D eigenvalue weighted by Crippen LogP contribution is 2.35. The summed E-state index contributed by atoms with van der Waals surface area (Å²) in [6.45, 7) is 0.142. The van der Waals surface area contributed by atoms with Gasteiger partial charge in [-0.25, -0.2) is 0 Å². The Morgan fingerprint density at radius 1 is 1.26 bits per heavy atom. The van der Waals surface area contributed by atoms with Crippen LogP contribution in [0.25, 0.3) is 0 Å². The third-order valence-electron chi connectivity index (χ3n) is 3.21. The fraction of sp³-hybridized carbons (Fsp3) is 0.200. The number of non-ortho nitro benzene ring substituents is 1. The molecule has 23 heavy (non-hydrogen) atoms. The number of rotatable bonds is 6. The molecule has 0 spiro atoms. The molecule has 0 aliphatic carbocycles. The van der Waals surface area contributed by atoms with E-state index in [1.54, 1.807) is 31.4 Å². The molecule has 2 N–H and O–H groups in total. The normalized spacial score (nSPS) is 11.8. The Morgan fingerprint density at radius 2 is 1.83 bits per heavy atom. The van der Waals surface area contributed by atoms with E-state index in [1.165, 1.54) is 12.1 Å². The summed E-state index contributed by atoms with van der Waals surface area (Å²) in [6.07, 6.45) is -0.803. The highest BCUT2D eigenvalue weighted by atomic mass is 35.5. The smallest absolute Gasteiger partial charge is 0.272 e. The minimum Gasteiger partial charge on any atom is -0.497 e. The standard InChI is InChI=1S/C15H14Cl2N2O4/c1-23-11-4-2-9(3-5-11)14(20)8-18-15-12(16)6-10(19(21)22)7-13(15)17/h2-7,14,18,20H,8H2,1H3. The molecule has 0 amide bonds. The maximum absolute atomic E-state index is 10.7. The summed E-state index contributed by atoms with van der Waals surface area (Å²) < 4.78 is 5.05. The van der Waals surface area contributed by atoms with Gasteiger partial charge in [0.2, 0.25) is 0 Å². The Kier molecular flexibility index (Phi) is 5.65. The van der Waals surface area contributed by atoms with Crippen LogP contribution in [0.2, 0.25) is 10.0 Å². The fourth-order valence-electron chi connectivity index (χ4n) is 1.98. The number of hydrogen-bond acceptors (Lipinski definition) is 5. The first-order valence-corrected chi connectivity index (χ1v) is 7.37. The molecule has 1 unspecified atom stereocenters. The Hall–Kier alpha value is -2.02. The predicted molar refractivity (Wildman–Crippen MR) is 89.6 cm³/mol. The average molecular weight is 357 g/mol. The number of anilines is 1. The first-order valence-electron chi connectivity index (χ1n) is 6.61. The zero-order valence-electron chi connectivity index (χ0n) is 12.1. The van der Waals surface area contributed by atoms with Crippen molar-refractivity contribution in [2.45, 2.75) is 6.10 Å². The molecule has 2 rings (SSSR count). The first kappa shape index (κ1) is 17.3. The van der Waals surface area contributed by atoms with E-state index in [1.807, 2.05) is 0 Å². The second-order valence-corrected chi connectivity index (χ2v) is 5.53. The molecule has 0 bridgehead atoms. The van der Waals surface area contributed by atoms with E-state index in [0.717, 1.165) is 0 Å². The monoisotopic (exact) mass is 356 g/mol. The van der Waals surface area contributed by atoms with E-state index in [0.29, 0.717) is 17.0 Å². The van der Waals surface area contributed by atoms with E-state index < -0.39 is 11.0 Å². The molecule has 0 saturated carbocycles. The number of nitrogens with one attached hydrogen (secondary N) is 1. The van der Waals surface area contributed by atoms with Crippen LogP contribution in [0.4, 0.5) is 11.4 Å². The second kappa shape index (κ2) is 7.50. The molecule has 8 heteroatoms. The molecule has 0 fully saturated rings. The Balaban J connectivity index is 2.09. The van der Waals surface area contributed by atoms with Gasteiger partial charge in [-0.2, -0.15) is 0 Å². The van der Waals surface area contributed by atoms with Crippen molar-refractivity contribution in [3.63, 3.8) is 0 Å². The van der Waals surface area contributed by atoms with E-state index >= 15 is 0 Å². The summed E-state index contributed by atoms with van der Waals surface area (Å²) in [5.41, 5.74) is 0.834. The van der Waals surface area contributed by atoms with Crippen molar-refractivity contribution in [3.05, 3.63) is 62.1 Å². The quantitative estimate of drug-likeness (QED) is 0.602. The van der Waals surface area contributed by atoms with Gasteiger partial charge >= 0.3 is 0 Å². The number of nitro groups is 1. The van der Waals surface area contributed by atoms with Crippen molar-refractivity contribution < 1.29 is 14.8 Å². The number of aliphatic hydroxyl groups excluding tert-OH is 1. The lowest BCUT2D eigenvalue weighted by atomic mass is 10.1. The summed E-state index contributed by atoms with van der Waals surface area (Å²) in [5, 5.41) is 24.1. The topological polar surface area (TPSA) is 84.6 Å². The predicted octanol–water partition coefficient (Wildman–Crippen LogP) is 4.06. The molecule has 0 saturated heterocycles. The van der Waals surface area contributed by atoms with Crippen molar-refractivity contribution in [1.29, 1.82) is 0 Å². The van der Waals surface area contributed by atoms with Crippen LogP contribution in [0.5, 0.6) is 5.75 Å². The number of aliphatic hydroxyl groups is 1. The van der Waals surface area contributed by atoms with Crippen LogP contribution >= 0.6 is 23.2 Å². The number of ether oxygens (including phenoxy) is 1. The van der Waals surface area contributed by atoms with Gasteiger partial charge in [0.15, 0.2) is 0 Å². The molecule has 6 nitrogen and oxygen atoms in total. The van der Waals surface area contributed by atoms with Gasteiger partial charge in [0.25, 0.3) is 5.69 Å². The number of benzene rings is 2. The molecule has 2 aromatic rings. The maximum Gasteiger partial charge on any atom is 0.272 e. The number of nitro benzene ring substituents is 1. The molecule has 0 radical (unpaired) electrons. The van der Waals surface area contributed by atoms with Gasteiger partial charge in [0.05, 0.1) is 33.9 Å². The Labute approximate surface area is 142 Å². The van der Waals surface area contributed by atoms with E-state index in [-0.39, 0.29) is 22.3 Å². The number of nitrogens with zero attached hydrogens (tertiary/aromatic N) is 1. The highest BCUT2D eigenvalue weighted by Gasteiger charge is 2.16. The molecular formula is C15H14Cl2N2O4. The fourth-order valence-corrected chi connectivity index (χ4v) is 2.59. The van der Waals surface area contributed by atoms with Crippen LogP contribution in [0.3, 0.4) is 0 Å². The van der Waals surface area contributed by atoms with Crippen molar-refractivity contribution >= 4 is 34.6 Å². The number of halogens is 2. The molecule has 1 atom stereocenters. The van der Waals surface area contributed by atoms with Crippen LogP contribution < -0.4 is 10.1 Å². The van der Waals surface area contributed by atoms with Crippen molar-refractivity contribution in [3.8, 4) is 5.75 Å². The molecule has 0 aliphatic heterocycles. The van der Waals surface area contributed by atoms with Crippen molar-refractivity contribution in [2.75, 3.05) is 19.0 Å². The zero-order valence-corrected chi connectivity index (χ0v) is 13.6. The lowest BCUT2D eigenvalue weighted by Crippen LogP contribution is -2.12. The summed E-state index contributed by atoms with van der Waals surface area (Å²) >= 11 is 12.0. The largest absolute Gasteiger partial charge is 0.497 e. The van der Waals surface area contributed by atoms with Crippen LogP contribution in [-0.2, 0) is 0 Å². The van der Waals surface area contributed by atoms with E-state index in [4.69, 9.17) is 27.9 Å². The van der Waals surface area contributed by atoms with Crippen LogP contribution in [0, 0.1) is 10.1 Å². The Morgan fingerprint density at radius 3 is 2.30 bits per heavy atom. The van der Waals surface area contributed by atoms with Gasteiger partial charge in [-0.3, -0.25) is 10.1 Å². The molecule has 0 heterocycles. The molecule has 0 aromatic heterocycles. The summed E-state index contributed by atoms with van der Waals surface area (Å²) in [6, 6.07) is 9.37. The van der Waals surface area contributed by atoms with Gasteiger partial charge in [0, 0.05) is 18.7 Å². The third-order valence-corrected chi connectivity index (χ3v) is 3.81. The van der Waals surface area contributed by atoms with Gasteiger partial charge in [-0.05, 0) is 17.7 Å². The summed E-state index contributed by atoms with van der Waals surface area (Å²) in [7, 11) is 1.56. The third kappa shape index (κ3) is 4.25. The number of hydrogen-bond donors (Lipinski definition) is 2. The van der Waals surface area contributed by atoms with Gasteiger partial charge < -0.3 is 15.2 Å². The summed E-state index contributed by atoms with van der Waals surface area (Å²) in [4.78, 5) is 10.2. The van der Waals surface area contributed by atoms with Crippen LogP contribution in [0.15, 0.2) is 36.4 Å². The van der Waals surface area contributed by atoms with E-state index in [2.05, 4.69) is 5.32 Å². The van der Waals surface area contributed by atoms with Crippen LogP contribution in [-0.4, -0.2) is 23.7 Å². The van der Waals surface area contributed by atoms with Crippen molar-refractivity contribution in [2.24, 2.45) is 0 Å². The first-order chi connectivity index (χ1) is 10.9. The maximum atomic E-state index is 10.7. The van der Waals surface area contributed by atoms with Gasteiger partial charge in [0.1, 0.15) is 5.75 Å². The minimum atomic E-state index is -0.803. The molecule has 122 valence electrons. The van der Waals surface area contributed by atoms with Gasteiger partial charge in [-0.1, -0.05) is 35.3 Å². The SMILES string of the molecule is COc1ccc(C(O)CNc2c(Cl)cc([N+](=O)[O-])cc2Cl)cc1. The zero-order chi connectivity index (χ0) is 17.0. The minimum absolute atomic E-state index is 0.117. The van der Waals surface area contributed by atoms with Gasteiger partial charge in [-0.15, -0.1) is 0 Å².